The summed E-state index contributed by atoms with van der Waals surface area (Å²) in [5.41, 5.74) is 2.87. The third-order valence-electron chi connectivity index (χ3n) is 8.72. The van der Waals surface area contributed by atoms with Gasteiger partial charge in [0.15, 0.2) is 5.82 Å². The zero-order valence-corrected chi connectivity index (χ0v) is 21.6. The Morgan fingerprint density at radius 2 is 1.66 bits per heavy atom. The maximum atomic E-state index is 6.02. The molecule has 2 bridgehead atoms. The number of hydrogen-bond donors (Lipinski definition) is 0. The maximum absolute atomic E-state index is 6.02. The van der Waals surface area contributed by atoms with E-state index in [2.05, 4.69) is 35.8 Å². The number of benzene rings is 2. The molecular formula is C30H39N3O2. The van der Waals surface area contributed by atoms with Crippen molar-refractivity contribution >= 4 is 0 Å². The lowest BCUT2D eigenvalue weighted by atomic mass is 9.52. The highest BCUT2D eigenvalue weighted by atomic mass is 16.5. The van der Waals surface area contributed by atoms with Crippen LogP contribution in [0.1, 0.15) is 82.5 Å². The third-order valence-corrected chi connectivity index (χ3v) is 8.72. The van der Waals surface area contributed by atoms with Gasteiger partial charge in [0.1, 0.15) is 23.9 Å². The van der Waals surface area contributed by atoms with Gasteiger partial charge >= 0.3 is 0 Å². The molecule has 0 amide bonds. The minimum atomic E-state index is 0.179. The SMILES string of the molecule is CCCCCC12CCC(c3nnc(-c4ccc(OCc5ccccc5)cc4OC)n3C)(CC1)CC2. The summed E-state index contributed by atoms with van der Waals surface area (Å²) in [4.78, 5) is 0. The fourth-order valence-electron chi connectivity index (χ4n) is 6.44. The molecule has 0 spiro atoms. The van der Waals surface area contributed by atoms with Crippen molar-refractivity contribution in [1.29, 1.82) is 0 Å². The van der Waals surface area contributed by atoms with E-state index in [0.717, 1.165) is 34.3 Å². The van der Waals surface area contributed by atoms with Gasteiger partial charge in [0, 0.05) is 18.5 Å². The second-order valence-corrected chi connectivity index (χ2v) is 10.8. The highest BCUT2D eigenvalue weighted by Gasteiger charge is 2.51. The summed E-state index contributed by atoms with van der Waals surface area (Å²) in [6.07, 6.45) is 13.3. The Bertz CT molecular complexity index is 1110. The number of fused-ring (bicyclic) bond motifs is 3. The van der Waals surface area contributed by atoms with Crippen LogP contribution in [0.3, 0.4) is 0 Å². The lowest BCUT2D eigenvalue weighted by Gasteiger charge is -2.53. The van der Waals surface area contributed by atoms with Crippen molar-refractivity contribution < 1.29 is 9.47 Å². The molecule has 3 saturated carbocycles. The van der Waals surface area contributed by atoms with Crippen LogP contribution in [0.4, 0.5) is 0 Å². The summed E-state index contributed by atoms with van der Waals surface area (Å²) in [6, 6.07) is 16.2. The predicted octanol–water partition coefficient (Wildman–Crippen LogP) is 7.24. The number of ether oxygens (including phenoxy) is 2. The number of aromatic nitrogens is 3. The monoisotopic (exact) mass is 473 g/mol. The first kappa shape index (κ1) is 23.9. The molecule has 0 radical (unpaired) electrons. The van der Waals surface area contributed by atoms with Gasteiger partial charge in [-0.2, -0.15) is 0 Å². The van der Waals surface area contributed by atoms with E-state index in [1.807, 2.05) is 36.4 Å². The summed E-state index contributed by atoms with van der Waals surface area (Å²) in [6.45, 7) is 2.83. The zero-order valence-electron chi connectivity index (χ0n) is 21.6. The van der Waals surface area contributed by atoms with Crippen LogP contribution < -0.4 is 9.47 Å². The smallest absolute Gasteiger partial charge is 0.167 e. The predicted molar refractivity (Wildman–Crippen MR) is 140 cm³/mol. The first-order chi connectivity index (χ1) is 17.1. The molecule has 35 heavy (non-hydrogen) atoms. The fourth-order valence-corrected chi connectivity index (χ4v) is 6.44. The molecule has 0 saturated heterocycles. The molecule has 1 heterocycles. The number of unbranched alkanes of at least 4 members (excludes halogenated alkanes) is 2. The van der Waals surface area contributed by atoms with Gasteiger partial charge in [0.05, 0.1) is 12.7 Å². The van der Waals surface area contributed by atoms with Crippen LogP contribution in [0.15, 0.2) is 48.5 Å². The van der Waals surface area contributed by atoms with Gasteiger partial charge in [-0.25, -0.2) is 0 Å². The first-order valence-electron chi connectivity index (χ1n) is 13.3. The van der Waals surface area contributed by atoms with Crippen molar-refractivity contribution in [2.75, 3.05) is 7.11 Å². The summed E-state index contributed by atoms with van der Waals surface area (Å²) in [5, 5.41) is 9.46. The van der Waals surface area contributed by atoms with Crippen LogP contribution in [0.5, 0.6) is 11.5 Å². The van der Waals surface area contributed by atoms with E-state index in [4.69, 9.17) is 14.6 Å². The molecule has 1 aromatic heterocycles. The molecule has 3 fully saturated rings. The number of nitrogens with zero attached hydrogens (tertiary/aromatic N) is 3. The van der Waals surface area contributed by atoms with Crippen LogP contribution in [0.2, 0.25) is 0 Å². The molecular weight excluding hydrogens is 434 g/mol. The highest BCUT2D eigenvalue weighted by molar-refractivity contribution is 5.66. The molecule has 0 unspecified atom stereocenters. The molecule has 0 N–H and O–H groups in total. The molecule has 0 aliphatic heterocycles. The quantitative estimate of drug-likeness (QED) is 0.291. The summed E-state index contributed by atoms with van der Waals surface area (Å²) in [5.74, 6) is 3.57. The fraction of sp³-hybridized carbons (Fsp3) is 0.533. The largest absolute Gasteiger partial charge is 0.496 e. The Balaban J connectivity index is 1.33. The van der Waals surface area contributed by atoms with Gasteiger partial charge < -0.3 is 14.0 Å². The second kappa shape index (κ2) is 10.0. The van der Waals surface area contributed by atoms with Crippen molar-refractivity contribution in [2.45, 2.75) is 83.2 Å². The normalized spacial score (nSPS) is 23.4. The Morgan fingerprint density at radius 1 is 0.914 bits per heavy atom. The zero-order chi connectivity index (χ0) is 24.3. The van der Waals surface area contributed by atoms with Crippen LogP contribution in [-0.4, -0.2) is 21.9 Å². The molecule has 0 atom stereocenters. The average molecular weight is 474 g/mol. The van der Waals surface area contributed by atoms with Crippen molar-refractivity contribution in [2.24, 2.45) is 12.5 Å². The maximum Gasteiger partial charge on any atom is 0.167 e. The minimum absolute atomic E-state index is 0.179. The molecule has 3 aliphatic rings. The number of hydrogen-bond acceptors (Lipinski definition) is 4. The molecule has 6 rings (SSSR count). The van der Waals surface area contributed by atoms with E-state index in [0.29, 0.717) is 12.0 Å². The number of rotatable bonds is 10. The third kappa shape index (κ3) is 4.70. The van der Waals surface area contributed by atoms with Gasteiger partial charge in [0.2, 0.25) is 0 Å². The Labute approximate surface area is 209 Å². The van der Waals surface area contributed by atoms with Gasteiger partial charge in [0.25, 0.3) is 0 Å². The van der Waals surface area contributed by atoms with Crippen molar-refractivity contribution in [3.63, 3.8) is 0 Å². The van der Waals surface area contributed by atoms with Crippen molar-refractivity contribution in [1.82, 2.24) is 14.8 Å². The topological polar surface area (TPSA) is 49.2 Å². The van der Waals surface area contributed by atoms with Crippen LogP contribution >= 0.6 is 0 Å². The standard InChI is InChI=1S/C30H39N3O2/c1-4-5-9-14-29-15-18-30(19-16-29,20-17-29)28-32-31-27(33(28)2)25-13-12-24(21-26(25)34-3)35-22-23-10-7-6-8-11-23/h6-8,10-13,21H,4-5,9,14-20,22H2,1-3H3. The molecule has 5 heteroatoms. The van der Waals surface area contributed by atoms with E-state index in [1.54, 1.807) is 7.11 Å². The Morgan fingerprint density at radius 3 is 2.34 bits per heavy atom. The summed E-state index contributed by atoms with van der Waals surface area (Å²) < 4.78 is 14.0. The molecule has 2 aromatic carbocycles. The molecule has 3 aliphatic carbocycles. The van der Waals surface area contributed by atoms with Crippen LogP contribution in [-0.2, 0) is 19.1 Å². The Hall–Kier alpha value is -2.82. The van der Waals surface area contributed by atoms with Gasteiger partial charge in [-0.3, -0.25) is 0 Å². The van der Waals surface area contributed by atoms with Crippen LogP contribution in [0, 0.1) is 5.41 Å². The van der Waals surface area contributed by atoms with Crippen molar-refractivity contribution in [3.8, 4) is 22.9 Å². The molecule has 5 nitrogen and oxygen atoms in total. The summed E-state index contributed by atoms with van der Waals surface area (Å²) in [7, 11) is 3.83. The van der Waals surface area contributed by atoms with E-state index in [1.165, 1.54) is 64.2 Å². The molecule has 186 valence electrons. The average Bonchev–Trinajstić information content (AvgIpc) is 3.31. The number of methoxy groups -OCH3 is 1. The molecule has 3 aromatic rings. The lowest BCUT2D eigenvalue weighted by molar-refractivity contribution is 0.0250. The highest BCUT2D eigenvalue weighted by Crippen LogP contribution is 2.59. The first-order valence-corrected chi connectivity index (χ1v) is 13.3. The van der Waals surface area contributed by atoms with E-state index in [-0.39, 0.29) is 5.41 Å². The Kier molecular flexibility index (Phi) is 6.86. The van der Waals surface area contributed by atoms with Gasteiger partial charge in [-0.05, 0) is 68.1 Å². The van der Waals surface area contributed by atoms with Crippen LogP contribution in [0.25, 0.3) is 11.4 Å². The van der Waals surface area contributed by atoms with Gasteiger partial charge in [-0.1, -0.05) is 56.5 Å². The van der Waals surface area contributed by atoms with Gasteiger partial charge in [-0.15, -0.1) is 10.2 Å². The minimum Gasteiger partial charge on any atom is -0.496 e. The van der Waals surface area contributed by atoms with Crippen molar-refractivity contribution in [3.05, 3.63) is 59.9 Å². The second-order valence-electron chi connectivity index (χ2n) is 10.8. The van der Waals surface area contributed by atoms with E-state index >= 15 is 0 Å². The lowest BCUT2D eigenvalue weighted by Crippen LogP contribution is -2.45. The summed E-state index contributed by atoms with van der Waals surface area (Å²) >= 11 is 0. The van der Waals surface area contributed by atoms with E-state index < -0.39 is 0 Å². The van der Waals surface area contributed by atoms with E-state index in [9.17, 15) is 0 Å².